The molecule has 0 amide bonds. The van der Waals surface area contributed by atoms with E-state index in [-0.39, 0.29) is 17.5 Å². The van der Waals surface area contributed by atoms with Gasteiger partial charge in [0.25, 0.3) is 5.89 Å². The summed E-state index contributed by atoms with van der Waals surface area (Å²) in [7, 11) is 0. The second kappa shape index (κ2) is 6.80. The van der Waals surface area contributed by atoms with Crippen LogP contribution in [0.4, 0.5) is 5.82 Å². The van der Waals surface area contributed by atoms with Crippen molar-refractivity contribution in [3.05, 3.63) is 66.4 Å². The largest absolute Gasteiger partial charge is 0.414 e. The van der Waals surface area contributed by atoms with Gasteiger partial charge < -0.3 is 10.2 Å². The van der Waals surface area contributed by atoms with Crippen molar-refractivity contribution in [2.24, 2.45) is 0 Å². The first kappa shape index (κ1) is 16.6. The van der Waals surface area contributed by atoms with Gasteiger partial charge in [-0.3, -0.25) is 4.79 Å². The summed E-state index contributed by atoms with van der Waals surface area (Å²) in [6.45, 7) is 1.52. The summed E-state index contributed by atoms with van der Waals surface area (Å²) in [4.78, 5) is 20.1. The van der Waals surface area contributed by atoms with E-state index in [9.17, 15) is 4.79 Å². The predicted molar refractivity (Wildman–Crippen MR) is 101 cm³/mol. The number of nitrogens with two attached hydrogens (primary N) is 1. The second-order valence-electron chi connectivity index (χ2n) is 5.90. The van der Waals surface area contributed by atoms with E-state index in [2.05, 4.69) is 20.2 Å². The molecule has 2 N–H and O–H groups in total. The Morgan fingerprint density at radius 1 is 0.926 bits per heavy atom. The van der Waals surface area contributed by atoms with Crippen LogP contribution in [0.1, 0.15) is 17.3 Å². The quantitative estimate of drug-likeness (QED) is 0.555. The average molecular weight is 357 g/mol. The van der Waals surface area contributed by atoms with Gasteiger partial charge in [-0.2, -0.15) is 0 Å². The maximum atomic E-state index is 11.4. The molecule has 132 valence electrons. The van der Waals surface area contributed by atoms with Crippen LogP contribution in [0.15, 0.2) is 65.2 Å². The van der Waals surface area contributed by atoms with Crippen molar-refractivity contribution in [1.29, 1.82) is 0 Å². The standard InChI is InChI=1S/C20H15N5O2/c1-12(26)13-7-9-14(10-8-13)16-11-22-18(21)17(23-16)20-25-24-19(27-20)15-5-3-2-4-6-15/h2-11H,1H3,(H2,21,22). The number of carbonyl (C=O) groups is 1. The lowest BCUT2D eigenvalue weighted by molar-refractivity contribution is 0.101. The van der Waals surface area contributed by atoms with E-state index in [0.29, 0.717) is 22.8 Å². The summed E-state index contributed by atoms with van der Waals surface area (Å²) in [6.07, 6.45) is 1.57. The molecule has 0 unspecified atom stereocenters. The number of benzene rings is 2. The number of hydrogen-bond donors (Lipinski definition) is 1. The molecule has 0 atom stereocenters. The van der Waals surface area contributed by atoms with Crippen molar-refractivity contribution in [2.75, 3.05) is 5.73 Å². The number of carbonyl (C=O) groups excluding carboxylic acids is 1. The topological polar surface area (TPSA) is 108 Å². The average Bonchev–Trinajstić information content (AvgIpc) is 3.19. The first-order valence-electron chi connectivity index (χ1n) is 8.25. The van der Waals surface area contributed by atoms with Crippen LogP contribution in [0.2, 0.25) is 0 Å². The highest BCUT2D eigenvalue weighted by Crippen LogP contribution is 2.27. The molecule has 2 aromatic carbocycles. The van der Waals surface area contributed by atoms with Gasteiger partial charge in [-0.05, 0) is 19.1 Å². The highest BCUT2D eigenvalue weighted by molar-refractivity contribution is 5.94. The van der Waals surface area contributed by atoms with E-state index in [1.807, 2.05) is 42.5 Å². The van der Waals surface area contributed by atoms with Crippen LogP contribution in [0, 0.1) is 0 Å². The number of nitrogen functional groups attached to an aromatic ring is 1. The second-order valence-corrected chi connectivity index (χ2v) is 5.90. The normalized spacial score (nSPS) is 10.7. The molecule has 7 nitrogen and oxygen atoms in total. The van der Waals surface area contributed by atoms with Crippen LogP contribution in [-0.2, 0) is 0 Å². The molecular formula is C20H15N5O2. The Hall–Kier alpha value is -3.87. The van der Waals surface area contributed by atoms with E-state index in [0.717, 1.165) is 11.1 Å². The molecule has 0 saturated heterocycles. The van der Waals surface area contributed by atoms with E-state index in [1.54, 1.807) is 18.3 Å². The summed E-state index contributed by atoms with van der Waals surface area (Å²) < 4.78 is 5.73. The Morgan fingerprint density at radius 2 is 1.63 bits per heavy atom. The maximum Gasteiger partial charge on any atom is 0.270 e. The van der Waals surface area contributed by atoms with E-state index < -0.39 is 0 Å². The zero-order valence-electron chi connectivity index (χ0n) is 14.5. The molecule has 4 rings (SSSR count). The lowest BCUT2D eigenvalue weighted by Crippen LogP contribution is -1.99. The zero-order chi connectivity index (χ0) is 18.8. The third kappa shape index (κ3) is 3.30. The Balaban J connectivity index is 1.71. The summed E-state index contributed by atoms with van der Waals surface area (Å²) in [5, 5.41) is 8.11. The van der Waals surface area contributed by atoms with Crippen molar-refractivity contribution in [1.82, 2.24) is 20.2 Å². The van der Waals surface area contributed by atoms with Crippen molar-refractivity contribution in [3.63, 3.8) is 0 Å². The van der Waals surface area contributed by atoms with Crippen molar-refractivity contribution in [2.45, 2.75) is 6.92 Å². The first-order valence-corrected chi connectivity index (χ1v) is 8.25. The fourth-order valence-corrected chi connectivity index (χ4v) is 2.59. The number of rotatable bonds is 4. The number of hydrogen-bond acceptors (Lipinski definition) is 7. The summed E-state index contributed by atoms with van der Waals surface area (Å²) in [6, 6.07) is 16.5. The van der Waals surface area contributed by atoms with Crippen LogP contribution in [0.5, 0.6) is 0 Å². The molecule has 0 radical (unpaired) electrons. The fraction of sp³-hybridized carbons (Fsp3) is 0.0500. The Labute approximate surface area is 154 Å². The van der Waals surface area contributed by atoms with Gasteiger partial charge in [-0.25, -0.2) is 9.97 Å². The number of nitrogens with zero attached hydrogens (tertiary/aromatic N) is 4. The fourth-order valence-electron chi connectivity index (χ4n) is 2.59. The molecule has 0 spiro atoms. The van der Waals surface area contributed by atoms with Gasteiger partial charge in [0.1, 0.15) is 0 Å². The molecule has 0 bridgehead atoms. The molecule has 2 aromatic heterocycles. The van der Waals surface area contributed by atoms with Gasteiger partial charge in [0.05, 0.1) is 11.9 Å². The molecule has 0 aliphatic carbocycles. The number of Topliss-reactive ketones (excluding diaryl/α,β-unsaturated/α-hetero) is 1. The molecular weight excluding hydrogens is 342 g/mol. The molecule has 2 heterocycles. The van der Waals surface area contributed by atoms with Gasteiger partial charge in [0.15, 0.2) is 17.3 Å². The monoisotopic (exact) mass is 357 g/mol. The lowest BCUT2D eigenvalue weighted by Gasteiger charge is -2.05. The van der Waals surface area contributed by atoms with Crippen LogP contribution < -0.4 is 5.73 Å². The molecule has 0 saturated carbocycles. The first-order chi connectivity index (χ1) is 13.1. The molecule has 0 aliphatic heterocycles. The van der Waals surface area contributed by atoms with E-state index in [4.69, 9.17) is 10.2 Å². The number of ketones is 1. The summed E-state index contributed by atoms with van der Waals surface area (Å²) in [5.74, 6) is 0.774. The highest BCUT2D eigenvalue weighted by Gasteiger charge is 2.16. The molecule has 27 heavy (non-hydrogen) atoms. The van der Waals surface area contributed by atoms with Crippen molar-refractivity contribution in [3.8, 4) is 34.3 Å². The summed E-state index contributed by atoms with van der Waals surface area (Å²) in [5.41, 5.74) is 9.11. The third-order valence-corrected chi connectivity index (χ3v) is 4.04. The van der Waals surface area contributed by atoms with Gasteiger partial charge in [0.2, 0.25) is 5.89 Å². The van der Waals surface area contributed by atoms with Gasteiger partial charge in [0, 0.05) is 16.7 Å². The van der Waals surface area contributed by atoms with Gasteiger partial charge in [-0.1, -0.05) is 42.5 Å². The Bertz CT molecular complexity index is 1100. The maximum absolute atomic E-state index is 11.4. The molecule has 4 aromatic rings. The molecule has 7 heteroatoms. The third-order valence-electron chi connectivity index (χ3n) is 4.04. The van der Waals surface area contributed by atoms with Crippen LogP contribution in [0.3, 0.4) is 0 Å². The SMILES string of the molecule is CC(=O)c1ccc(-c2cnc(N)c(-c3nnc(-c4ccccc4)o3)n2)cc1. The summed E-state index contributed by atoms with van der Waals surface area (Å²) >= 11 is 0. The minimum Gasteiger partial charge on any atom is -0.414 e. The Morgan fingerprint density at radius 3 is 2.33 bits per heavy atom. The zero-order valence-corrected chi connectivity index (χ0v) is 14.5. The van der Waals surface area contributed by atoms with Crippen LogP contribution in [0.25, 0.3) is 34.3 Å². The molecule has 0 aliphatic rings. The van der Waals surface area contributed by atoms with Crippen LogP contribution in [-0.4, -0.2) is 25.9 Å². The van der Waals surface area contributed by atoms with Crippen molar-refractivity contribution < 1.29 is 9.21 Å². The van der Waals surface area contributed by atoms with Gasteiger partial charge in [-0.15, -0.1) is 10.2 Å². The van der Waals surface area contributed by atoms with Crippen LogP contribution >= 0.6 is 0 Å². The molecule has 0 fully saturated rings. The number of aromatic nitrogens is 4. The minimum atomic E-state index is 0.00457. The highest BCUT2D eigenvalue weighted by atomic mass is 16.4. The smallest absolute Gasteiger partial charge is 0.270 e. The van der Waals surface area contributed by atoms with Crippen molar-refractivity contribution >= 4 is 11.6 Å². The Kier molecular flexibility index (Phi) is 4.18. The lowest BCUT2D eigenvalue weighted by atomic mass is 10.1. The predicted octanol–water partition coefficient (Wildman–Crippen LogP) is 3.65. The number of anilines is 1. The van der Waals surface area contributed by atoms with E-state index in [1.165, 1.54) is 6.92 Å². The van der Waals surface area contributed by atoms with E-state index >= 15 is 0 Å². The van der Waals surface area contributed by atoms with Gasteiger partial charge >= 0.3 is 0 Å². The minimum absolute atomic E-state index is 0.00457.